The molecule has 0 radical (unpaired) electrons. The van der Waals surface area contributed by atoms with Crippen LogP contribution < -0.4 is 5.48 Å². The molecule has 2 heterocycles. The second kappa shape index (κ2) is 8.90. The molecular formula is C29H32FN3O2. The van der Waals surface area contributed by atoms with Gasteiger partial charge in [0.1, 0.15) is 11.6 Å². The van der Waals surface area contributed by atoms with Crippen molar-refractivity contribution in [3.63, 3.8) is 0 Å². The summed E-state index contributed by atoms with van der Waals surface area (Å²) < 4.78 is 16.1. The third kappa shape index (κ3) is 4.40. The van der Waals surface area contributed by atoms with Crippen LogP contribution in [0.25, 0.3) is 22.4 Å². The van der Waals surface area contributed by atoms with E-state index in [1.54, 1.807) is 12.1 Å². The lowest BCUT2D eigenvalue weighted by Gasteiger charge is -2.20. The van der Waals surface area contributed by atoms with E-state index in [0.717, 1.165) is 47.6 Å². The number of amides is 1. The highest BCUT2D eigenvalue weighted by Crippen LogP contribution is 2.56. The molecule has 3 aliphatic rings. The molecule has 2 saturated carbocycles. The number of hydrogen-bond donors (Lipinski definition) is 2. The van der Waals surface area contributed by atoms with Gasteiger partial charge in [-0.05, 0) is 60.3 Å². The maximum atomic E-state index is 13.7. The molecule has 1 spiro atoms. The Labute approximate surface area is 205 Å². The molecule has 1 aliphatic heterocycles. The summed E-state index contributed by atoms with van der Waals surface area (Å²) in [5.41, 5.74) is 7.38. The third-order valence-corrected chi connectivity index (χ3v) is 8.43. The maximum Gasteiger partial charge on any atom is 0.244 e. The van der Waals surface area contributed by atoms with Crippen molar-refractivity contribution in [1.82, 2.24) is 15.0 Å². The van der Waals surface area contributed by atoms with Gasteiger partial charge in [-0.15, -0.1) is 0 Å². The number of fused-ring (bicyclic) bond motifs is 1. The van der Waals surface area contributed by atoms with E-state index in [1.807, 2.05) is 23.7 Å². The fourth-order valence-corrected chi connectivity index (χ4v) is 6.35. The average molecular weight is 474 g/mol. The van der Waals surface area contributed by atoms with Gasteiger partial charge in [0.25, 0.3) is 0 Å². The van der Waals surface area contributed by atoms with Gasteiger partial charge >= 0.3 is 0 Å². The van der Waals surface area contributed by atoms with Crippen molar-refractivity contribution < 1.29 is 14.4 Å². The third-order valence-electron chi connectivity index (χ3n) is 8.43. The second-order valence-electron chi connectivity index (χ2n) is 10.9. The number of hydrogen-bond acceptors (Lipinski definition) is 3. The highest BCUT2D eigenvalue weighted by Gasteiger charge is 2.50. The Hall–Kier alpha value is -2.99. The number of nitrogens with one attached hydrogen (secondary N) is 1. The normalized spacial score (nSPS) is 19.1. The Morgan fingerprint density at radius 1 is 1.11 bits per heavy atom. The van der Waals surface area contributed by atoms with Gasteiger partial charge in [0.2, 0.25) is 5.91 Å². The number of carbonyl (C=O) groups is 1. The van der Waals surface area contributed by atoms with Crippen LogP contribution in [0.2, 0.25) is 0 Å². The van der Waals surface area contributed by atoms with Gasteiger partial charge in [0.05, 0.1) is 5.69 Å². The summed E-state index contributed by atoms with van der Waals surface area (Å²) in [4.78, 5) is 17.4. The number of hydroxylamine groups is 1. The summed E-state index contributed by atoms with van der Waals surface area (Å²) in [6, 6.07) is 14.9. The minimum Gasteiger partial charge on any atom is -0.331 e. The number of nitrogens with zero attached hydrogens (tertiary/aromatic N) is 2. The van der Waals surface area contributed by atoms with Gasteiger partial charge in [0.15, 0.2) is 0 Å². The van der Waals surface area contributed by atoms with E-state index in [4.69, 9.17) is 4.98 Å². The van der Waals surface area contributed by atoms with E-state index in [2.05, 4.69) is 16.7 Å². The largest absolute Gasteiger partial charge is 0.331 e. The first-order chi connectivity index (χ1) is 17.0. The Morgan fingerprint density at radius 3 is 2.54 bits per heavy atom. The molecule has 1 atom stereocenters. The van der Waals surface area contributed by atoms with Gasteiger partial charge in [0, 0.05) is 30.1 Å². The predicted octanol–water partition coefficient (Wildman–Crippen LogP) is 6.25. The molecule has 5 nitrogen and oxygen atoms in total. The van der Waals surface area contributed by atoms with Crippen molar-refractivity contribution in [3.8, 4) is 22.4 Å². The van der Waals surface area contributed by atoms with Crippen LogP contribution in [0.15, 0.2) is 48.5 Å². The highest BCUT2D eigenvalue weighted by molar-refractivity contribution is 5.75. The van der Waals surface area contributed by atoms with Crippen LogP contribution in [0.1, 0.15) is 68.8 Å². The van der Waals surface area contributed by atoms with Crippen LogP contribution >= 0.6 is 0 Å². The molecule has 0 bridgehead atoms. The Kier molecular flexibility index (Phi) is 5.72. The fourth-order valence-electron chi connectivity index (χ4n) is 6.35. The van der Waals surface area contributed by atoms with Gasteiger partial charge in [-0.25, -0.2) is 14.9 Å². The first-order valence-electron chi connectivity index (χ1n) is 12.9. The quantitative estimate of drug-likeness (QED) is 0.315. The smallest absolute Gasteiger partial charge is 0.244 e. The summed E-state index contributed by atoms with van der Waals surface area (Å²) in [5.74, 6) is 1.04. The molecule has 35 heavy (non-hydrogen) atoms. The standard InChI is InChI=1S/C29H32FN3O2/c30-24-7-3-6-22(15-24)20-8-10-21(11-9-20)27-25-17-29(12-13-29)18-33(25)28(31-27)23(16-26(34)32-35)14-19-4-1-2-5-19/h3,6-11,15,19,23,35H,1-2,4-5,12-14,16-18H2,(H,32,34)/t23-/m1/s1. The molecule has 2 aromatic carbocycles. The van der Waals surface area contributed by atoms with Crippen molar-refractivity contribution in [1.29, 1.82) is 0 Å². The fraction of sp³-hybridized carbons (Fsp3) is 0.448. The van der Waals surface area contributed by atoms with Crippen LogP contribution in [-0.4, -0.2) is 20.7 Å². The van der Waals surface area contributed by atoms with Crippen LogP contribution in [0.5, 0.6) is 0 Å². The molecular weight excluding hydrogens is 441 g/mol. The number of halogens is 1. The van der Waals surface area contributed by atoms with Gasteiger partial charge in [-0.2, -0.15) is 0 Å². The molecule has 1 aromatic heterocycles. The van der Waals surface area contributed by atoms with Gasteiger partial charge in [-0.3, -0.25) is 10.0 Å². The molecule has 182 valence electrons. The van der Waals surface area contributed by atoms with Crippen LogP contribution in [0, 0.1) is 17.2 Å². The average Bonchev–Trinajstić information content (AvgIpc) is 3.15. The van der Waals surface area contributed by atoms with E-state index in [-0.39, 0.29) is 24.1 Å². The zero-order valence-corrected chi connectivity index (χ0v) is 20.0. The Bertz CT molecular complexity index is 1240. The second-order valence-corrected chi connectivity index (χ2v) is 10.9. The van der Waals surface area contributed by atoms with Crippen molar-refractivity contribution >= 4 is 5.91 Å². The molecule has 3 aromatic rings. The summed E-state index contributed by atoms with van der Waals surface area (Å²) in [5, 5.41) is 9.25. The molecule has 0 saturated heterocycles. The lowest BCUT2D eigenvalue weighted by Crippen LogP contribution is -2.24. The van der Waals surface area contributed by atoms with Crippen molar-refractivity contribution in [3.05, 3.63) is 65.9 Å². The molecule has 1 amide bonds. The zero-order chi connectivity index (χ0) is 24.0. The molecule has 2 fully saturated rings. The summed E-state index contributed by atoms with van der Waals surface area (Å²) in [6.45, 7) is 0.980. The predicted molar refractivity (Wildman–Crippen MR) is 132 cm³/mol. The van der Waals surface area contributed by atoms with Gasteiger partial charge < -0.3 is 4.57 Å². The first kappa shape index (κ1) is 22.5. The Morgan fingerprint density at radius 2 is 1.86 bits per heavy atom. The molecule has 6 rings (SSSR count). The summed E-state index contributed by atoms with van der Waals surface area (Å²) in [6.07, 6.45) is 9.66. The van der Waals surface area contributed by atoms with E-state index in [9.17, 15) is 14.4 Å². The van der Waals surface area contributed by atoms with Crippen LogP contribution in [0.4, 0.5) is 4.39 Å². The number of benzene rings is 2. The first-order valence-corrected chi connectivity index (χ1v) is 12.9. The summed E-state index contributed by atoms with van der Waals surface area (Å²) >= 11 is 0. The van der Waals surface area contributed by atoms with Crippen molar-refractivity contribution in [2.45, 2.75) is 70.3 Å². The molecule has 2 aliphatic carbocycles. The minimum absolute atomic E-state index is 0.00165. The number of carbonyl (C=O) groups excluding carboxylic acids is 1. The maximum absolute atomic E-state index is 13.7. The monoisotopic (exact) mass is 473 g/mol. The Balaban J connectivity index is 1.36. The minimum atomic E-state index is -0.342. The topological polar surface area (TPSA) is 67.2 Å². The number of rotatable bonds is 7. The molecule has 6 heteroatoms. The van der Waals surface area contributed by atoms with Gasteiger partial charge in [-0.1, -0.05) is 62.1 Å². The molecule has 0 unspecified atom stereocenters. The van der Waals surface area contributed by atoms with Crippen LogP contribution in [-0.2, 0) is 17.8 Å². The lowest BCUT2D eigenvalue weighted by molar-refractivity contribution is -0.129. The van der Waals surface area contributed by atoms with E-state index in [1.165, 1.54) is 50.3 Å². The van der Waals surface area contributed by atoms with Crippen LogP contribution in [0.3, 0.4) is 0 Å². The van der Waals surface area contributed by atoms with E-state index < -0.39 is 0 Å². The highest BCUT2D eigenvalue weighted by atomic mass is 19.1. The van der Waals surface area contributed by atoms with Crippen molar-refractivity contribution in [2.24, 2.45) is 11.3 Å². The zero-order valence-electron chi connectivity index (χ0n) is 20.0. The lowest BCUT2D eigenvalue weighted by atomic mass is 9.90. The van der Waals surface area contributed by atoms with E-state index >= 15 is 0 Å². The van der Waals surface area contributed by atoms with Crippen molar-refractivity contribution in [2.75, 3.05) is 0 Å². The number of aromatic nitrogens is 2. The van der Waals surface area contributed by atoms with E-state index in [0.29, 0.717) is 11.3 Å². The summed E-state index contributed by atoms with van der Waals surface area (Å²) in [7, 11) is 0. The number of imidazole rings is 1. The molecule has 2 N–H and O–H groups in total. The SMILES string of the molecule is O=C(C[C@@H](CC1CCCC1)c1nc(-c2ccc(-c3cccc(F)c3)cc2)c2n1CC1(CC1)C2)NO.